The Hall–Kier alpha value is -0.280. The molecule has 0 amide bonds. The van der Waals surface area contributed by atoms with Crippen LogP contribution in [0.3, 0.4) is 0 Å². The van der Waals surface area contributed by atoms with E-state index in [1.165, 1.54) is 12.2 Å². The summed E-state index contributed by atoms with van der Waals surface area (Å²) in [7, 11) is 1.42. The van der Waals surface area contributed by atoms with E-state index >= 15 is 0 Å². The molecule has 4 N–H and O–H groups in total. The smallest absolute Gasteiger partial charge is 0.162 e. The average molecular weight is 251 g/mol. The highest BCUT2D eigenvalue weighted by Gasteiger charge is 2.46. The van der Waals surface area contributed by atoms with Crippen molar-refractivity contribution in [3.05, 3.63) is 0 Å². The molecule has 3 unspecified atom stereocenters. The van der Waals surface area contributed by atoms with Gasteiger partial charge in [-0.1, -0.05) is 0 Å². The zero-order valence-corrected chi connectivity index (χ0v) is 10.2. The van der Waals surface area contributed by atoms with Gasteiger partial charge in [0.1, 0.15) is 24.4 Å². The van der Waals surface area contributed by atoms with E-state index in [1.807, 2.05) is 13.8 Å². The molecule has 1 saturated heterocycles. The van der Waals surface area contributed by atoms with Gasteiger partial charge in [0.15, 0.2) is 6.23 Å². The van der Waals surface area contributed by atoms with Crippen LogP contribution in [0.5, 0.6) is 0 Å². The Balaban J connectivity index is 2.84. The third kappa shape index (κ3) is 2.94. The summed E-state index contributed by atoms with van der Waals surface area (Å²) >= 11 is 0. The highest BCUT2D eigenvalue weighted by Crippen LogP contribution is 2.24. The van der Waals surface area contributed by atoms with Crippen LogP contribution in [-0.2, 0) is 9.57 Å². The van der Waals surface area contributed by atoms with E-state index < -0.39 is 37.3 Å². The summed E-state index contributed by atoms with van der Waals surface area (Å²) in [5.74, 6) is 0. The zero-order valence-electron chi connectivity index (χ0n) is 10.2. The van der Waals surface area contributed by atoms with E-state index in [9.17, 15) is 15.3 Å². The van der Waals surface area contributed by atoms with Crippen LogP contribution in [0.25, 0.3) is 0 Å². The second-order valence-electron chi connectivity index (χ2n) is 4.36. The maximum atomic E-state index is 9.83. The molecular weight excluding hydrogens is 230 g/mol. The van der Waals surface area contributed by atoms with Crippen molar-refractivity contribution in [1.82, 2.24) is 5.06 Å². The van der Waals surface area contributed by atoms with E-state index in [2.05, 4.69) is 0 Å². The fourth-order valence-corrected chi connectivity index (χ4v) is 1.90. The van der Waals surface area contributed by atoms with Crippen LogP contribution in [0.4, 0.5) is 0 Å². The SMILES string of the molecule is CON(C(C)C)[C@@H]1OC(CO)[C@@H](O)C(O)C1O. The van der Waals surface area contributed by atoms with Crippen LogP contribution in [0.1, 0.15) is 13.8 Å². The van der Waals surface area contributed by atoms with Crippen molar-refractivity contribution in [3.8, 4) is 0 Å². The van der Waals surface area contributed by atoms with Gasteiger partial charge < -0.3 is 25.2 Å². The molecule has 1 aliphatic rings. The maximum absolute atomic E-state index is 9.83. The van der Waals surface area contributed by atoms with Crippen LogP contribution < -0.4 is 0 Å². The van der Waals surface area contributed by atoms with Gasteiger partial charge in [0.25, 0.3) is 0 Å². The Bertz CT molecular complexity index is 237. The number of rotatable bonds is 4. The molecule has 0 radical (unpaired) electrons. The highest BCUT2D eigenvalue weighted by atomic mass is 16.7. The minimum atomic E-state index is -1.39. The first kappa shape index (κ1) is 14.8. The molecule has 1 heterocycles. The first-order valence-electron chi connectivity index (χ1n) is 5.57. The molecule has 1 aliphatic heterocycles. The second kappa shape index (κ2) is 6.05. The molecular formula is C10H21NO6. The molecule has 1 fully saturated rings. The first-order chi connectivity index (χ1) is 7.93. The molecule has 0 aromatic heterocycles. The lowest BCUT2D eigenvalue weighted by Gasteiger charge is -2.44. The lowest BCUT2D eigenvalue weighted by atomic mass is 9.98. The molecule has 0 aliphatic carbocycles. The average Bonchev–Trinajstić information content (AvgIpc) is 2.29. The minimum Gasteiger partial charge on any atom is -0.394 e. The predicted octanol–water partition coefficient (Wildman–Crippen LogP) is -1.94. The molecule has 17 heavy (non-hydrogen) atoms. The van der Waals surface area contributed by atoms with Gasteiger partial charge in [-0.2, -0.15) is 5.06 Å². The third-order valence-corrected chi connectivity index (χ3v) is 2.84. The molecule has 0 bridgehead atoms. The molecule has 0 aromatic carbocycles. The largest absolute Gasteiger partial charge is 0.394 e. The van der Waals surface area contributed by atoms with E-state index in [1.54, 1.807) is 0 Å². The van der Waals surface area contributed by atoms with Crippen LogP contribution in [-0.4, -0.2) is 75.9 Å². The number of aliphatic hydroxyl groups excluding tert-OH is 4. The molecule has 0 aromatic rings. The van der Waals surface area contributed by atoms with Crippen LogP contribution in [0.15, 0.2) is 0 Å². The summed E-state index contributed by atoms with van der Waals surface area (Å²) in [5, 5.41) is 39.5. The number of hydrogen-bond donors (Lipinski definition) is 4. The molecule has 102 valence electrons. The van der Waals surface area contributed by atoms with Gasteiger partial charge in [-0.05, 0) is 13.8 Å². The van der Waals surface area contributed by atoms with Crippen molar-refractivity contribution in [2.24, 2.45) is 0 Å². The normalized spacial score (nSPS) is 39.0. The summed E-state index contributed by atoms with van der Waals surface area (Å²) in [6.45, 7) is 3.20. The summed E-state index contributed by atoms with van der Waals surface area (Å²) < 4.78 is 5.34. The summed E-state index contributed by atoms with van der Waals surface area (Å²) in [4.78, 5) is 5.07. The lowest BCUT2D eigenvalue weighted by molar-refractivity contribution is -0.336. The Morgan fingerprint density at radius 3 is 2.18 bits per heavy atom. The van der Waals surface area contributed by atoms with Crippen molar-refractivity contribution < 1.29 is 30.0 Å². The standard InChI is InChI=1S/C10H21NO6/c1-5(2)11(16-3)10-9(15)8(14)7(13)6(4-12)17-10/h5-10,12-15H,4H2,1-3H3/t6?,7-,8?,9?,10-/m1/s1. The monoisotopic (exact) mass is 251 g/mol. The van der Waals surface area contributed by atoms with Crippen molar-refractivity contribution in [2.45, 2.75) is 50.5 Å². The number of aliphatic hydroxyl groups is 4. The maximum Gasteiger partial charge on any atom is 0.162 e. The number of hydrogen-bond acceptors (Lipinski definition) is 7. The summed E-state index contributed by atoms with van der Waals surface area (Å²) in [6, 6.07) is -0.0959. The Kier molecular flexibility index (Phi) is 5.26. The summed E-state index contributed by atoms with van der Waals surface area (Å²) in [6.07, 6.45) is -5.90. The van der Waals surface area contributed by atoms with Gasteiger partial charge in [-0.15, -0.1) is 0 Å². The summed E-state index contributed by atoms with van der Waals surface area (Å²) in [5.41, 5.74) is 0. The van der Waals surface area contributed by atoms with E-state index in [0.29, 0.717) is 0 Å². The third-order valence-electron chi connectivity index (χ3n) is 2.84. The number of ether oxygens (including phenoxy) is 1. The number of nitrogens with zero attached hydrogens (tertiary/aromatic N) is 1. The molecule has 0 saturated carbocycles. The molecule has 1 rings (SSSR count). The molecule has 5 atom stereocenters. The fourth-order valence-electron chi connectivity index (χ4n) is 1.90. The van der Waals surface area contributed by atoms with Crippen molar-refractivity contribution in [2.75, 3.05) is 13.7 Å². The van der Waals surface area contributed by atoms with Gasteiger partial charge in [0, 0.05) is 6.04 Å². The quantitative estimate of drug-likeness (QED) is 0.431. The van der Waals surface area contributed by atoms with Crippen molar-refractivity contribution in [3.63, 3.8) is 0 Å². The second-order valence-corrected chi connectivity index (χ2v) is 4.36. The fraction of sp³-hybridized carbons (Fsp3) is 1.00. The molecule has 7 heteroatoms. The lowest BCUT2D eigenvalue weighted by Crippen LogP contribution is -2.63. The molecule has 7 nitrogen and oxygen atoms in total. The van der Waals surface area contributed by atoms with E-state index in [-0.39, 0.29) is 6.04 Å². The topological polar surface area (TPSA) is 103 Å². The van der Waals surface area contributed by atoms with Gasteiger partial charge in [-0.25, -0.2) is 0 Å². The molecule has 0 spiro atoms. The number of hydroxylamine groups is 2. The Morgan fingerprint density at radius 2 is 1.76 bits per heavy atom. The Labute approximate surface area is 100 Å². The minimum absolute atomic E-state index is 0.0959. The van der Waals surface area contributed by atoms with Crippen LogP contribution in [0, 0.1) is 0 Å². The Morgan fingerprint density at radius 1 is 1.18 bits per heavy atom. The highest BCUT2D eigenvalue weighted by molar-refractivity contribution is 4.91. The van der Waals surface area contributed by atoms with Crippen LogP contribution >= 0.6 is 0 Å². The van der Waals surface area contributed by atoms with Crippen molar-refractivity contribution >= 4 is 0 Å². The van der Waals surface area contributed by atoms with Crippen LogP contribution in [0.2, 0.25) is 0 Å². The predicted molar refractivity (Wildman–Crippen MR) is 57.8 cm³/mol. The van der Waals surface area contributed by atoms with Gasteiger partial charge in [0.05, 0.1) is 13.7 Å². The van der Waals surface area contributed by atoms with Crippen molar-refractivity contribution in [1.29, 1.82) is 0 Å². The first-order valence-corrected chi connectivity index (χ1v) is 5.57. The van der Waals surface area contributed by atoms with Gasteiger partial charge >= 0.3 is 0 Å². The van der Waals surface area contributed by atoms with Gasteiger partial charge in [-0.3, -0.25) is 4.84 Å². The van der Waals surface area contributed by atoms with E-state index in [0.717, 1.165) is 0 Å². The van der Waals surface area contributed by atoms with Gasteiger partial charge in [0.2, 0.25) is 0 Å². The van der Waals surface area contributed by atoms with E-state index in [4.69, 9.17) is 14.7 Å². The zero-order chi connectivity index (χ0) is 13.2.